The molecule has 0 amide bonds. The Morgan fingerprint density at radius 2 is 1.59 bits per heavy atom. The van der Waals surface area contributed by atoms with Crippen LogP contribution in [0.15, 0.2) is 67.0 Å². The highest BCUT2D eigenvalue weighted by Gasteiger charge is 2.31. The van der Waals surface area contributed by atoms with E-state index in [-0.39, 0.29) is 28.5 Å². The number of benzene rings is 2. The summed E-state index contributed by atoms with van der Waals surface area (Å²) in [6, 6.07) is 19.7. The van der Waals surface area contributed by atoms with Crippen LogP contribution in [0.2, 0.25) is 0 Å². The van der Waals surface area contributed by atoms with Gasteiger partial charge in [-0.25, -0.2) is 9.97 Å². The number of likely N-dealkylation sites (tertiary alicyclic amines) is 1. The summed E-state index contributed by atoms with van der Waals surface area (Å²) in [5, 5.41) is 15.5. The molecular weight excluding hydrogens is 404 g/mol. The fraction of sp³-hybridized carbons (Fsp3) is 0.333. The average Bonchev–Trinajstić information content (AvgIpc) is 2.83. The van der Waals surface area contributed by atoms with Gasteiger partial charge in [-0.05, 0) is 44.1 Å². The van der Waals surface area contributed by atoms with Crippen molar-refractivity contribution >= 4 is 17.3 Å². The zero-order chi connectivity index (χ0) is 22.5. The van der Waals surface area contributed by atoms with E-state index < -0.39 is 0 Å². The minimum Gasteiger partial charge on any atom is -0.353 e. The van der Waals surface area contributed by atoms with Gasteiger partial charge in [0.2, 0.25) is 11.6 Å². The molecule has 3 aromatic rings. The summed E-state index contributed by atoms with van der Waals surface area (Å²) in [5.74, 6) is 0.569. The van der Waals surface area contributed by atoms with Crippen LogP contribution in [0, 0.1) is 10.1 Å². The molecule has 1 aliphatic heterocycles. The third-order valence-corrected chi connectivity index (χ3v) is 6.10. The topological polar surface area (TPSA) is 87.4 Å². The molecule has 0 atom stereocenters. The molecule has 1 aliphatic rings. The third-order valence-electron chi connectivity index (χ3n) is 6.10. The molecule has 166 valence electrons. The molecule has 0 unspecified atom stereocenters. The van der Waals surface area contributed by atoms with Crippen LogP contribution in [0.3, 0.4) is 0 Å². The number of nitrogens with one attached hydrogen (secondary N) is 1. The predicted molar refractivity (Wildman–Crippen MR) is 126 cm³/mol. The number of anilines is 2. The van der Waals surface area contributed by atoms with E-state index >= 15 is 0 Å². The number of nitro groups is 1. The van der Waals surface area contributed by atoms with Gasteiger partial charge in [0.1, 0.15) is 6.33 Å². The molecular formula is C24H28N6O2. The van der Waals surface area contributed by atoms with Crippen LogP contribution in [-0.4, -0.2) is 53.0 Å². The van der Waals surface area contributed by atoms with Gasteiger partial charge in [0.05, 0.1) is 11.0 Å². The Balaban J connectivity index is 1.71. The Bertz CT molecular complexity index is 999. The number of hydrogen-bond donors (Lipinski definition) is 1. The lowest BCUT2D eigenvalue weighted by atomic mass is 9.98. The lowest BCUT2D eigenvalue weighted by Crippen LogP contribution is -2.42. The lowest BCUT2D eigenvalue weighted by molar-refractivity contribution is -0.383. The predicted octanol–water partition coefficient (Wildman–Crippen LogP) is 4.12. The van der Waals surface area contributed by atoms with Crippen LogP contribution in [0.1, 0.15) is 30.0 Å². The Morgan fingerprint density at radius 1 is 1.03 bits per heavy atom. The van der Waals surface area contributed by atoms with Crippen molar-refractivity contribution in [3.63, 3.8) is 0 Å². The van der Waals surface area contributed by atoms with E-state index in [1.807, 2.05) is 72.6 Å². The second-order valence-corrected chi connectivity index (χ2v) is 8.20. The van der Waals surface area contributed by atoms with Crippen molar-refractivity contribution in [1.29, 1.82) is 0 Å². The first-order valence-corrected chi connectivity index (χ1v) is 10.8. The highest BCUT2D eigenvalue weighted by Crippen LogP contribution is 2.36. The summed E-state index contributed by atoms with van der Waals surface area (Å²) in [7, 11) is 3.99. The van der Waals surface area contributed by atoms with E-state index in [1.54, 1.807) is 0 Å². The SMILES string of the molecule is CN1CCC(N(C)c2ncnc(NC(c3ccccc3)c3ccccc3)c2[N+](=O)[O-])CC1. The maximum Gasteiger partial charge on any atom is 0.353 e. The van der Waals surface area contributed by atoms with Gasteiger partial charge >= 0.3 is 5.69 Å². The summed E-state index contributed by atoms with van der Waals surface area (Å²) < 4.78 is 0. The minimum absolute atomic E-state index is 0.0919. The number of piperidine rings is 1. The van der Waals surface area contributed by atoms with Gasteiger partial charge in [-0.15, -0.1) is 0 Å². The average molecular weight is 433 g/mol. The van der Waals surface area contributed by atoms with E-state index in [9.17, 15) is 10.1 Å². The van der Waals surface area contributed by atoms with Crippen LogP contribution in [0.4, 0.5) is 17.3 Å². The monoisotopic (exact) mass is 432 g/mol. The van der Waals surface area contributed by atoms with Crippen LogP contribution in [-0.2, 0) is 0 Å². The lowest BCUT2D eigenvalue weighted by Gasteiger charge is -2.35. The van der Waals surface area contributed by atoms with Gasteiger partial charge in [-0.2, -0.15) is 0 Å². The minimum atomic E-state index is -0.379. The summed E-state index contributed by atoms with van der Waals surface area (Å²) >= 11 is 0. The maximum atomic E-state index is 12.2. The molecule has 0 saturated carbocycles. The first-order chi connectivity index (χ1) is 15.5. The maximum absolute atomic E-state index is 12.2. The van der Waals surface area contributed by atoms with E-state index in [1.165, 1.54) is 6.33 Å². The van der Waals surface area contributed by atoms with Crippen molar-refractivity contribution in [3.8, 4) is 0 Å². The van der Waals surface area contributed by atoms with E-state index in [0.717, 1.165) is 37.1 Å². The fourth-order valence-electron chi connectivity index (χ4n) is 4.24. The number of rotatable bonds is 7. The van der Waals surface area contributed by atoms with Crippen molar-refractivity contribution in [1.82, 2.24) is 14.9 Å². The van der Waals surface area contributed by atoms with Gasteiger partial charge < -0.3 is 15.1 Å². The molecule has 0 bridgehead atoms. The standard InChI is InChI=1S/C24H28N6O2/c1-28-15-13-20(14-16-28)29(2)24-22(30(31)32)23(25-17-26-24)27-21(18-9-5-3-6-10-18)19-11-7-4-8-12-19/h3-12,17,20-21H,13-16H2,1-2H3,(H,25,26,27). The molecule has 4 rings (SSSR count). The molecule has 2 aromatic carbocycles. The molecule has 1 fully saturated rings. The van der Waals surface area contributed by atoms with Gasteiger partial charge in [0.25, 0.3) is 0 Å². The largest absolute Gasteiger partial charge is 0.353 e. The van der Waals surface area contributed by atoms with E-state index in [0.29, 0.717) is 5.82 Å². The third kappa shape index (κ3) is 4.70. The van der Waals surface area contributed by atoms with Gasteiger partial charge in [0, 0.05) is 13.1 Å². The van der Waals surface area contributed by atoms with E-state index in [4.69, 9.17) is 0 Å². The molecule has 32 heavy (non-hydrogen) atoms. The fourth-order valence-corrected chi connectivity index (χ4v) is 4.24. The first-order valence-electron chi connectivity index (χ1n) is 10.8. The van der Waals surface area contributed by atoms with Crippen LogP contribution < -0.4 is 10.2 Å². The van der Waals surface area contributed by atoms with E-state index in [2.05, 4.69) is 27.2 Å². The summed E-state index contributed by atoms with van der Waals surface area (Å²) in [6.45, 7) is 1.92. The molecule has 2 heterocycles. The Morgan fingerprint density at radius 3 is 2.12 bits per heavy atom. The molecule has 1 aromatic heterocycles. The van der Waals surface area contributed by atoms with Gasteiger partial charge in [0.15, 0.2) is 0 Å². The molecule has 1 saturated heterocycles. The quantitative estimate of drug-likeness (QED) is 0.444. The number of hydrogen-bond acceptors (Lipinski definition) is 7. The van der Waals surface area contributed by atoms with Crippen LogP contribution in [0.5, 0.6) is 0 Å². The van der Waals surface area contributed by atoms with Crippen LogP contribution >= 0.6 is 0 Å². The van der Waals surface area contributed by atoms with Crippen LogP contribution in [0.25, 0.3) is 0 Å². The Kier molecular flexibility index (Phi) is 6.61. The highest BCUT2D eigenvalue weighted by molar-refractivity contribution is 5.71. The Labute approximate surface area is 188 Å². The van der Waals surface area contributed by atoms with Gasteiger partial charge in [-0.1, -0.05) is 60.7 Å². The summed E-state index contributed by atoms with van der Waals surface area (Å²) in [4.78, 5) is 24.6. The van der Waals surface area contributed by atoms with Crippen molar-refractivity contribution in [2.75, 3.05) is 37.4 Å². The molecule has 8 nitrogen and oxygen atoms in total. The summed E-state index contributed by atoms with van der Waals surface area (Å²) in [5.41, 5.74) is 1.90. The second-order valence-electron chi connectivity index (χ2n) is 8.20. The van der Waals surface area contributed by atoms with Crippen molar-refractivity contribution < 1.29 is 4.92 Å². The molecule has 1 N–H and O–H groups in total. The van der Waals surface area contributed by atoms with Gasteiger partial charge in [-0.3, -0.25) is 10.1 Å². The van der Waals surface area contributed by atoms with Crippen molar-refractivity contribution in [2.45, 2.75) is 24.9 Å². The molecule has 8 heteroatoms. The second kappa shape index (κ2) is 9.74. The highest BCUT2D eigenvalue weighted by atomic mass is 16.6. The Hall–Kier alpha value is -3.52. The smallest absolute Gasteiger partial charge is 0.353 e. The normalized spacial score (nSPS) is 15.0. The van der Waals surface area contributed by atoms with Crippen molar-refractivity contribution in [2.24, 2.45) is 0 Å². The molecule has 0 aliphatic carbocycles. The first kappa shape index (κ1) is 21.7. The number of nitrogens with zero attached hydrogens (tertiary/aromatic N) is 5. The molecule has 0 radical (unpaired) electrons. The molecule has 0 spiro atoms. The zero-order valence-corrected chi connectivity index (χ0v) is 18.4. The summed E-state index contributed by atoms with van der Waals surface area (Å²) in [6.07, 6.45) is 3.28. The number of aromatic nitrogens is 2. The zero-order valence-electron chi connectivity index (χ0n) is 18.4. The van der Waals surface area contributed by atoms with Crippen molar-refractivity contribution in [3.05, 3.63) is 88.2 Å².